The molecular weight excluding hydrogens is 220 g/mol. The van der Waals surface area contributed by atoms with Crippen molar-refractivity contribution >= 4 is 10.9 Å². The average Bonchev–Trinajstić information content (AvgIpc) is 2.26. The first-order valence-electron chi connectivity index (χ1n) is 6.15. The lowest BCUT2D eigenvalue weighted by molar-refractivity contribution is 0.571. The third kappa shape index (κ3) is 2.09. The number of aromatic nitrogens is 1. The van der Waals surface area contributed by atoms with E-state index in [1.807, 2.05) is 19.1 Å². The van der Waals surface area contributed by atoms with Gasteiger partial charge in [0.2, 0.25) is 0 Å². The van der Waals surface area contributed by atoms with Crippen LogP contribution in [-0.4, -0.2) is 4.98 Å². The van der Waals surface area contributed by atoms with E-state index in [1.54, 1.807) is 0 Å². The van der Waals surface area contributed by atoms with Crippen LogP contribution in [0.2, 0.25) is 0 Å². The molecule has 1 aromatic heterocycles. The fourth-order valence-corrected chi connectivity index (χ4v) is 2.16. The van der Waals surface area contributed by atoms with Crippen molar-refractivity contribution in [3.63, 3.8) is 0 Å². The lowest BCUT2D eigenvalue weighted by atomic mass is 9.89. The zero-order valence-corrected chi connectivity index (χ0v) is 11.6. The first kappa shape index (κ1) is 12.6. The van der Waals surface area contributed by atoms with Gasteiger partial charge in [-0.05, 0) is 31.5 Å². The van der Waals surface area contributed by atoms with Crippen molar-refractivity contribution in [3.8, 4) is 6.07 Å². The number of aryl methyl sites for hydroxylation is 2. The van der Waals surface area contributed by atoms with Gasteiger partial charge in [0, 0.05) is 16.5 Å². The van der Waals surface area contributed by atoms with Gasteiger partial charge in [0.05, 0.1) is 17.1 Å². The van der Waals surface area contributed by atoms with E-state index in [1.165, 1.54) is 5.56 Å². The van der Waals surface area contributed by atoms with Crippen LogP contribution in [0.25, 0.3) is 10.9 Å². The Bertz CT molecular complexity index is 655. The number of benzene rings is 1. The predicted octanol–water partition coefficient (Wildman–Crippen LogP) is 4.02. The first-order chi connectivity index (χ1) is 8.32. The zero-order chi connectivity index (χ0) is 13.5. The summed E-state index contributed by atoms with van der Waals surface area (Å²) in [6, 6.07) is 8.37. The van der Waals surface area contributed by atoms with Crippen LogP contribution < -0.4 is 0 Å². The summed E-state index contributed by atoms with van der Waals surface area (Å²) in [4.78, 5) is 4.74. The van der Waals surface area contributed by atoms with E-state index in [-0.39, 0.29) is 5.41 Å². The van der Waals surface area contributed by atoms with Crippen molar-refractivity contribution in [2.75, 3.05) is 0 Å². The number of rotatable bonds is 0. The van der Waals surface area contributed by atoms with Crippen molar-refractivity contribution in [2.24, 2.45) is 0 Å². The second-order valence-corrected chi connectivity index (χ2v) is 5.89. The van der Waals surface area contributed by atoms with Crippen LogP contribution in [-0.2, 0) is 5.41 Å². The van der Waals surface area contributed by atoms with Gasteiger partial charge in [-0.3, -0.25) is 4.98 Å². The first-order valence-corrected chi connectivity index (χ1v) is 6.15. The van der Waals surface area contributed by atoms with Crippen LogP contribution >= 0.6 is 0 Å². The molecule has 0 saturated heterocycles. The van der Waals surface area contributed by atoms with Crippen molar-refractivity contribution < 1.29 is 0 Å². The number of nitriles is 1. The molecule has 0 radical (unpaired) electrons. The number of hydrogen-bond donors (Lipinski definition) is 0. The number of nitrogens with zero attached hydrogens (tertiary/aromatic N) is 2. The van der Waals surface area contributed by atoms with Gasteiger partial charge < -0.3 is 0 Å². The van der Waals surface area contributed by atoms with E-state index in [4.69, 9.17) is 4.98 Å². The Morgan fingerprint density at radius 1 is 1.11 bits per heavy atom. The summed E-state index contributed by atoms with van der Waals surface area (Å²) in [7, 11) is 0. The molecule has 0 spiro atoms. The largest absolute Gasteiger partial charge is 0.252 e. The van der Waals surface area contributed by atoms with Gasteiger partial charge in [-0.25, -0.2) is 0 Å². The van der Waals surface area contributed by atoms with Crippen molar-refractivity contribution in [2.45, 2.75) is 40.0 Å². The summed E-state index contributed by atoms with van der Waals surface area (Å²) < 4.78 is 0. The van der Waals surface area contributed by atoms with E-state index >= 15 is 0 Å². The van der Waals surface area contributed by atoms with Gasteiger partial charge in [-0.1, -0.05) is 32.4 Å². The third-order valence-corrected chi connectivity index (χ3v) is 3.14. The highest BCUT2D eigenvalue weighted by Crippen LogP contribution is 2.28. The Labute approximate surface area is 108 Å². The quantitative estimate of drug-likeness (QED) is 0.695. The molecule has 2 nitrogen and oxygen atoms in total. The summed E-state index contributed by atoms with van der Waals surface area (Å²) in [5.74, 6) is 0. The highest BCUT2D eigenvalue weighted by molar-refractivity contribution is 5.88. The molecule has 0 amide bonds. The molecule has 2 rings (SSSR count). The SMILES string of the molecule is Cc1cc(C)c2nc(C(C)(C)C)cc(C#N)c2c1. The molecule has 18 heavy (non-hydrogen) atoms. The van der Waals surface area contributed by atoms with Gasteiger partial charge in [-0.15, -0.1) is 0 Å². The van der Waals surface area contributed by atoms with E-state index < -0.39 is 0 Å². The molecule has 1 heterocycles. The van der Waals surface area contributed by atoms with Gasteiger partial charge in [-0.2, -0.15) is 5.26 Å². The number of pyridine rings is 1. The molecule has 2 heteroatoms. The Hall–Kier alpha value is -1.88. The van der Waals surface area contributed by atoms with Crippen LogP contribution in [0.3, 0.4) is 0 Å². The molecule has 0 unspecified atom stereocenters. The summed E-state index contributed by atoms with van der Waals surface area (Å²) >= 11 is 0. The van der Waals surface area contributed by atoms with Gasteiger partial charge >= 0.3 is 0 Å². The van der Waals surface area contributed by atoms with Gasteiger partial charge in [0.15, 0.2) is 0 Å². The topological polar surface area (TPSA) is 36.7 Å². The smallest absolute Gasteiger partial charge is 0.0999 e. The van der Waals surface area contributed by atoms with Crippen molar-refractivity contribution in [1.82, 2.24) is 4.98 Å². The number of fused-ring (bicyclic) bond motifs is 1. The molecule has 0 bridgehead atoms. The molecule has 0 N–H and O–H groups in total. The fourth-order valence-electron chi connectivity index (χ4n) is 2.16. The van der Waals surface area contributed by atoms with Crippen LogP contribution in [0, 0.1) is 25.2 Å². The molecule has 0 fully saturated rings. The lowest BCUT2D eigenvalue weighted by Crippen LogP contribution is -2.14. The molecule has 0 atom stereocenters. The standard InChI is InChI=1S/C16H18N2/c1-10-6-11(2)15-13(7-10)12(9-17)8-14(18-15)16(3,4)5/h6-8H,1-5H3. The van der Waals surface area contributed by atoms with Crippen LogP contribution in [0.5, 0.6) is 0 Å². The Balaban J connectivity index is 2.90. The van der Waals surface area contributed by atoms with E-state index in [0.29, 0.717) is 0 Å². The maximum absolute atomic E-state index is 9.33. The summed E-state index contributed by atoms with van der Waals surface area (Å²) in [6.07, 6.45) is 0. The van der Waals surface area contributed by atoms with Gasteiger partial charge in [0.25, 0.3) is 0 Å². The summed E-state index contributed by atoms with van der Waals surface area (Å²) in [6.45, 7) is 10.4. The van der Waals surface area contributed by atoms with Crippen molar-refractivity contribution in [1.29, 1.82) is 5.26 Å². The van der Waals surface area contributed by atoms with Gasteiger partial charge in [0.1, 0.15) is 0 Å². The van der Waals surface area contributed by atoms with E-state index in [2.05, 4.69) is 39.8 Å². The molecule has 0 aliphatic heterocycles. The van der Waals surface area contributed by atoms with Crippen LogP contribution in [0.1, 0.15) is 43.2 Å². The second kappa shape index (κ2) is 4.10. The lowest BCUT2D eigenvalue weighted by Gasteiger charge is -2.19. The van der Waals surface area contributed by atoms with Crippen molar-refractivity contribution in [3.05, 3.63) is 40.6 Å². The van der Waals surface area contributed by atoms with Crippen LogP contribution in [0.15, 0.2) is 18.2 Å². The summed E-state index contributed by atoms with van der Waals surface area (Å²) in [5.41, 5.74) is 4.89. The Kier molecular flexibility index (Phi) is 2.86. The highest BCUT2D eigenvalue weighted by atomic mass is 14.7. The molecule has 1 aromatic carbocycles. The predicted molar refractivity (Wildman–Crippen MR) is 74.6 cm³/mol. The van der Waals surface area contributed by atoms with E-state index in [9.17, 15) is 5.26 Å². The minimum absolute atomic E-state index is 0.0445. The molecule has 2 aromatic rings. The second-order valence-electron chi connectivity index (χ2n) is 5.89. The number of hydrogen-bond acceptors (Lipinski definition) is 2. The fraction of sp³-hybridized carbons (Fsp3) is 0.375. The van der Waals surface area contributed by atoms with E-state index in [0.717, 1.165) is 27.7 Å². The maximum atomic E-state index is 9.33. The minimum Gasteiger partial charge on any atom is -0.252 e. The Morgan fingerprint density at radius 3 is 2.33 bits per heavy atom. The van der Waals surface area contributed by atoms with Crippen LogP contribution in [0.4, 0.5) is 0 Å². The average molecular weight is 238 g/mol. The summed E-state index contributed by atoms with van der Waals surface area (Å²) in [5, 5.41) is 10.3. The molecule has 0 saturated carbocycles. The zero-order valence-electron chi connectivity index (χ0n) is 11.6. The minimum atomic E-state index is -0.0445. The third-order valence-electron chi connectivity index (χ3n) is 3.14. The molecule has 0 aliphatic rings. The molecular formula is C16H18N2. The highest BCUT2D eigenvalue weighted by Gasteiger charge is 2.18. The molecule has 92 valence electrons. The normalized spacial score (nSPS) is 11.6. The Morgan fingerprint density at radius 2 is 1.78 bits per heavy atom. The maximum Gasteiger partial charge on any atom is 0.0999 e. The molecule has 0 aliphatic carbocycles. The monoisotopic (exact) mass is 238 g/mol.